The van der Waals surface area contributed by atoms with Crippen LogP contribution in [0.15, 0.2) is 76.1 Å². The first-order chi connectivity index (χ1) is 14.2. The van der Waals surface area contributed by atoms with Crippen molar-refractivity contribution in [2.24, 2.45) is 0 Å². The maximum absolute atomic E-state index is 12.9. The monoisotopic (exact) mass is 416 g/mol. The molecule has 5 rings (SSSR count). The van der Waals surface area contributed by atoms with Crippen LogP contribution >= 0.6 is 23.1 Å². The highest BCUT2D eigenvalue weighted by atomic mass is 32.2. The van der Waals surface area contributed by atoms with Crippen LogP contribution in [0.25, 0.3) is 32.2 Å². The number of aromatic amines is 1. The molecule has 2 aromatic carbocycles. The Morgan fingerprint density at radius 2 is 1.83 bits per heavy atom. The number of hydrogen-bond donors (Lipinski definition) is 1. The molecule has 3 aromatic heterocycles. The Morgan fingerprint density at radius 3 is 2.69 bits per heavy atom. The van der Waals surface area contributed by atoms with E-state index in [0.717, 1.165) is 31.9 Å². The molecule has 0 amide bonds. The van der Waals surface area contributed by atoms with E-state index in [1.807, 2.05) is 66.9 Å². The minimum Gasteiger partial charge on any atom is -0.309 e. The van der Waals surface area contributed by atoms with Crippen molar-refractivity contribution in [2.75, 3.05) is 0 Å². The van der Waals surface area contributed by atoms with Gasteiger partial charge in [0.15, 0.2) is 0 Å². The second-order valence-corrected chi connectivity index (χ2v) is 8.79. The van der Waals surface area contributed by atoms with Gasteiger partial charge in [-0.2, -0.15) is 0 Å². The molecule has 1 atom stereocenters. The Bertz CT molecular complexity index is 1370. The summed E-state index contributed by atoms with van der Waals surface area (Å²) >= 11 is 3.06. The van der Waals surface area contributed by atoms with E-state index in [0.29, 0.717) is 11.2 Å². The van der Waals surface area contributed by atoms with Crippen LogP contribution in [0.1, 0.15) is 18.0 Å². The Kier molecular flexibility index (Phi) is 4.61. The second-order valence-electron chi connectivity index (χ2n) is 6.60. The van der Waals surface area contributed by atoms with Crippen molar-refractivity contribution in [1.29, 1.82) is 0 Å². The summed E-state index contributed by atoms with van der Waals surface area (Å²) in [4.78, 5) is 30.1. The topological polar surface area (TPSA) is 71.5 Å². The molecule has 0 saturated heterocycles. The van der Waals surface area contributed by atoms with Gasteiger partial charge in [0.2, 0.25) is 0 Å². The number of benzene rings is 2. The first-order valence-corrected chi connectivity index (χ1v) is 10.9. The molecular formula is C22H16N4OS2. The number of rotatable bonds is 4. The number of nitrogens with zero attached hydrogens (tertiary/aromatic N) is 3. The van der Waals surface area contributed by atoms with Crippen LogP contribution in [0.3, 0.4) is 0 Å². The van der Waals surface area contributed by atoms with Gasteiger partial charge in [0, 0.05) is 16.3 Å². The van der Waals surface area contributed by atoms with Gasteiger partial charge in [-0.1, -0.05) is 60.3 Å². The van der Waals surface area contributed by atoms with Crippen molar-refractivity contribution < 1.29 is 0 Å². The van der Waals surface area contributed by atoms with Crippen LogP contribution in [-0.4, -0.2) is 19.9 Å². The zero-order chi connectivity index (χ0) is 19.8. The summed E-state index contributed by atoms with van der Waals surface area (Å²) in [5.41, 5.74) is 2.74. The summed E-state index contributed by atoms with van der Waals surface area (Å²) in [5, 5.41) is 4.46. The first kappa shape index (κ1) is 18.0. The molecule has 0 spiro atoms. The van der Waals surface area contributed by atoms with E-state index < -0.39 is 0 Å². The summed E-state index contributed by atoms with van der Waals surface area (Å²) in [6.45, 7) is 2.03. The van der Waals surface area contributed by atoms with Crippen LogP contribution in [0.2, 0.25) is 0 Å². The van der Waals surface area contributed by atoms with Crippen LogP contribution in [-0.2, 0) is 0 Å². The highest BCUT2D eigenvalue weighted by molar-refractivity contribution is 7.99. The van der Waals surface area contributed by atoms with Crippen molar-refractivity contribution in [3.63, 3.8) is 0 Å². The van der Waals surface area contributed by atoms with Crippen molar-refractivity contribution in [3.05, 3.63) is 82.5 Å². The van der Waals surface area contributed by atoms with Gasteiger partial charge >= 0.3 is 0 Å². The number of thiophene rings is 1. The molecule has 0 bridgehead atoms. The van der Waals surface area contributed by atoms with E-state index in [1.54, 1.807) is 18.1 Å². The van der Waals surface area contributed by atoms with E-state index in [1.165, 1.54) is 11.3 Å². The standard InChI is InChI=1S/C22H16N4OS2/c1-13(29-21-15-9-5-6-10-17(15)23-12-24-21)19-25-20(27)18-16(11-28-22(18)26-19)14-7-3-2-4-8-14/h2-13H,1H3,(H,25,26,27). The number of hydrogen-bond acceptors (Lipinski definition) is 6. The fraction of sp³-hybridized carbons (Fsp3) is 0.0909. The Labute approximate surface area is 174 Å². The zero-order valence-electron chi connectivity index (χ0n) is 15.5. The number of thioether (sulfide) groups is 1. The van der Waals surface area contributed by atoms with E-state index in [9.17, 15) is 4.79 Å². The van der Waals surface area contributed by atoms with Crippen LogP contribution in [0, 0.1) is 0 Å². The van der Waals surface area contributed by atoms with E-state index in [-0.39, 0.29) is 10.8 Å². The second kappa shape index (κ2) is 7.42. The third-order valence-corrected chi connectivity index (χ3v) is 6.72. The SMILES string of the molecule is CC(Sc1ncnc2ccccc12)c1nc2scc(-c3ccccc3)c2c(=O)[nH]1. The lowest BCUT2D eigenvalue weighted by molar-refractivity contribution is 0.922. The Hall–Kier alpha value is -3.03. The molecular weight excluding hydrogens is 400 g/mol. The van der Waals surface area contributed by atoms with Gasteiger partial charge in [-0.3, -0.25) is 4.79 Å². The number of H-pyrrole nitrogens is 1. The lowest BCUT2D eigenvalue weighted by Gasteiger charge is -2.11. The third kappa shape index (κ3) is 3.32. The van der Waals surface area contributed by atoms with Gasteiger partial charge in [0.05, 0.1) is 16.2 Å². The van der Waals surface area contributed by atoms with Gasteiger partial charge in [0.25, 0.3) is 5.56 Å². The maximum Gasteiger partial charge on any atom is 0.260 e. The normalized spacial score (nSPS) is 12.4. The lowest BCUT2D eigenvalue weighted by Crippen LogP contribution is -2.12. The predicted octanol–water partition coefficient (Wildman–Crippen LogP) is 5.45. The van der Waals surface area contributed by atoms with E-state index in [4.69, 9.17) is 4.98 Å². The number of fused-ring (bicyclic) bond motifs is 2. The smallest absolute Gasteiger partial charge is 0.260 e. The van der Waals surface area contributed by atoms with Gasteiger partial charge in [-0.25, -0.2) is 15.0 Å². The van der Waals surface area contributed by atoms with Crippen molar-refractivity contribution in [1.82, 2.24) is 19.9 Å². The minimum atomic E-state index is -0.106. The fourth-order valence-electron chi connectivity index (χ4n) is 3.29. The van der Waals surface area contributed by atoms with Crippen molar-refractivity contribution >= 4 is 44.2 Å². The highest BCUT2D eigenvalue weighted by Crippen LogP contribution is 2.36. The quantitative estimate of drug-likeness (QED) is 0.312. The average molecular weight is 417 g/mol. The van der Waals surface area contributed by atoms with Crippen molar-refractivity contribution in [2.45, 2.75) is 17.2 Å². The first-order valence-electron chi connectivity index (χ1n) is 9.14. The summed E-state index contributed by atoms with van der Waals surface area (Å²) in [7, 11) is 0. The van der Waals surface area contributed by atoms with E-state index >= 15 is 0 Å². The molecule has 0 fully saturated rings. The van der Waals surface area contributed by atoms with Crippen LogP contribution < -0.4 is 5.56 Å². The molecule has 0 aliphatic carbocycles. The van der Waals surface area contributed by atoms with Crippen LogP contribution in [0.4, 0.5) is 0 Å². The average Bonchev–Trinajstić information content (AvgIpc) is 3.19. The Balaban J connectivity index is 1.53. The molecule has 0 radical (unpaired) electrons. The lowest BCUT2D eigenvalue weighted by atomic mass is 10.1. The highest BCUT2D eigenvalue weighted by Gasteiger charge is 2.18. The maximum atomic E-state index is 12.9. The number of nitrogens with one attached hydrogen (secondary N) is 1. The summed E-state index contributed by atoms with van der Waals surface area (Å²) < 4.78 is 0. The predicted molar refractivity (Wildman–Crippen MR) is 119 cm³/mol. The molecule has 3 heterocycles. The van der Waals surface area contributed by atoms with Gasteiger partial charge in [0.1, 0.15) is 22.0 Å². The molecule has 29 heavy (non-hydrogen) atoms. The van der Waals surface area contributed by atoms with Crippen molar-refractivity contribution in [3.8, 4) is 11.1 Å². The van der Waals surface area contributed by atoms with Gasteiger partial charge in [-0.05, 0) is 18.6 Å². The summed E-state index contributed by atoms with van der Waals surface area (Å²) in [6, 6.07) is 17.8. The molecule has 5 aromatic rings. The minimum absolute atomic E-state index is 0.0623. The summed E-state index contributed by atoms with van der Waals surface area (Å²) in [6.07, 6.45) is 1.57. The van der Waals surface area contributed by atoms with Crippen LogP contribution in [0.5, 0.6) is 0 Å². The molecule has 1 N–H and O–H groups in total. The Morgan fingerprint density at radius 1 is 1.03 bits per heavy atom. The zero-order valence-corrected chi connectivity index (χ0v) is 17.1. The fourth-order valence-corrected chi connectivity index (χ4v) is 5.21. The largest absolute Gasteiger partial charge is 0.309 e. The molecule has 0 aliphatic heterocycles. The third-order valence-electron chi connectivity index (χ3n) is 4.73. The summed E-state index contributed by atoms with van der Waals surface area (Å²) in [5.74, 6) is 0.650. The van der Waals surface area contributed by atoms with E-state index in [2.05, 4.69) is 15.0 Å². The molecule has 1 unspecified atom stereocenters. The molecule has 142 valence electrons. The molecule has 7 heteroatoms. The molecule has 0 aliphatic rings. The van der Waals surface area contributed by atoms with Gasteiger partial charge in [-0.15, -0.1) is 11.3 Å². The van der Waals surface area contributed by atoms with Gasteiger partial charge < -0.3 is 4.98 Å². The molecule has 0 saturated carbocycles. The number of aromatic nitrogens is 4. The number of para-hydroxylation sites is 1. The molecule has 5 nitrogen and oxygen atoms in total.